The Morgan fingerprint density at radius 2 is 2.11 bits per heavy atom. The number of rotatable bonds is 13. The van der Waals surface area contributed by atoms with Crippen molar-refractivity contribution in [2.75, 3.05) is 46.9 Å². The van der Waals surface area contributed by atoms with Crippen molar-refractivity contribution in [2.24, 2.45) is 5.73 Å². The molecule has 12 heteroatoms. The molecule has 0 saturated carbocycles. The second kappa shape index (κ2) is 12.6. The average Bonchev–Trinajstić information content (AvgIpc) is 2.68. The highest BCUT2D eigenvalue weighted by Crippen LogP contribution is 2.47. The first kappa shape index (κ1) is 25.2. The van der Waals surface area contributed by atoms with E-state index >= 15 is 0 Å². The van der Waals surface area contributed by atoms with Gasteiger partial charge in [0.2, 0.25) is 0 Å². The van der Waals surface area contributed by atoms with E-state index in [1.54, 1.807) is 18.8 Å². The molecule has 10 nitrogen and oxygen atoms in total. The molecule has 1 rings (SSSR count). The zero-order valence-electron chi connectivity index (χ0n) is 17.0. The van der Waals surface area contributed by atoms with E-state index in [0.717, 1.165) is 6.42 Å². The van der Waals surface area contributed by atoms with Crippen LogP contribution in [0.15, 0.2) is 0 Å². The molecule has 1 saturated heterocycles. The van der Waals surface area contributed by atoms with Gasteiger partial charge in [0.25, 0.3) is 8.18 Å². The van der Waals surface area contributed by atoms with Gasteiger partial charge >= 0.3 is 7.67 Å². The summed E-state index contributed by atoms with van der Waals surface area (Å²) in [6.45, 7) is 7.20. The van der Waals surface area contributed by atoms with Crippen molar-refractivity contribution in [1.29, 1.82) is 0 Å². The first-order chi connectivity index (χ1) is 12.8. The lowest BCUT2D eigenvalue weighted by Gasteiger charge is -2.40. The third-order valence-electron chi connectivity index (χ3n) is 4.26. The zero-order valence-corrected chi connectivity index (χ0v) is 18.9. The minimum absolute atomic E-state index is 0.0522. The van der Waals surface area contributed by atoms with Crippen LogP contribution >= 0.6 is 15.8 Å². The third-order valence-corrected chi connectivity index (χ3v) is 7.24. The van der Waals surface area contributed by atoms with Crippen LogP contribution in [0, 0.1) is 0 Å². The van der Waals surface area contributed by atoms with Crippen molar-refractivity contribution in [3.05, 3.63) is 0 Å². The Kier molecular flexibility index (Phi) is 11.8. The van der Waals surface area contributed by atoms with Gasteiger partial charge in [-0.1, -0.05) is 6.92 Å². The normalized spacial score (nSPS) is 27.0. The van der Waals surface area contributed by atoms with Crippen molar-refractivity contribution < 1.29 is 27.7 Å². The first-order valence-electron chi connectivity index (χ1n) is 9.32. The minimum Gasteiger partial charge on any atom is -0.372 e. The van der Waals surface area contributed by atoms with E-state index < -0.39 is 15.8 Å². The fraction of sp³-hybridized carbons (Fsp3) is 1.00. The Balaban J connectivity index is 2.69. The summed E-state index contributed by atoms with van der Waals surface area (Å²) >= 11 is 0. The second-order valence-corrected chi connectivity index (χ2v) is 10.2. The highest BCUT2D eigenvalue weighted by atomic mass is 31.2. The van der Waals surface area contributed by atoms with Gasteiger partial charge in [0.05, 0.1) is 37.6 Å². The standard InChI is InChI=1S/C15H36N4O6P2/c1-6-12(2)24-14(7-16)11-23-27(21,18-5)19-8-13(3)25-15(9-19)10-22-26(20)17-4/h12-15,26H,6-11,16H2,1-5H3,(H,17,20)(H,18,21)/t12-,13-,14-,15-,27?/m0/s1. The quantitative estimate of drug-likeness (QED) is 0.367. The Bertz CT molecular complexity index is 501. The molecule has 1 aliphatic rings. The van der Waals surface area contributed by atoms with E-state index in [1.165, 1.54) is 0 Å². The molecule has 4 N–H and O–H groups in total. The van der Waals surface area contributed by atoms with Gasteiger partial charge in [-0.2, -0.15) is 0 Å². The molecule has 0 radical (unpaired) electrons. The van der Waals surface area contributed by atoms with Crippen molar-refractivity contribution in [2.45, 2.75) is 51.6 Å². The lowest BCUT2D eigenvalue weighted by molar-refractivity contribution is -0.0755. The van der Waals surface area contributed by atoms with Crippen LogP contribution < -0.4 is 15.9 Å². The molecule has 162 valence electrons. The van der Waals surface area contributed by atoms with Gasteiger partial charge in [-0.15, -0.1) is 0 Å². The van der Waals surface area contributed by atoms with Crippen LogP contribution in [0.3, 0.4) is 0 Å². The van der Waals surface area contributed by atoms with Gasteiger partial charge in [0, 0.05) is 19.6 Å². The zero-order chi connectivity index (χ0) is 20.4. The SMILES string of the molecule is CC[C@H](C)O[C@@H](CN)COP(=O)(NC)N1C[C@@H](CO[PH](=O)NC)O[C@@H](C)C1. The smallest absolute Gasteiger partial charge is 0.343 e. The average molecular weight is 430 g/mol. The maximum atomic E-state index is 13.3. The van der Waals surface area contributed by atoms with Gasteiger partial charge in [0.1, 0.15) is 0 Å². The van der Waals surface area contributed by atoms with Crippen molar-refractivity contribution in [3.8, 4) is 0 Å². The Labute approximate surface area is 163 Å². The molecule has 0 bridgehead atoms. The summed E-state index contributed by atoms with van der Waals surface area (Å²) in [6, 6.07) is 0. The van der Waals surface area contributed by atoms with Crippen molar-refractivity contribution in [1.82, 2.24) is 14.8 Å². The molecule has 0 amide bonds. The molecule has 27 heavy (non-hydrogen) atoms. The number of nitrogens with two attached hydrogens (primary N) is 1. The fourth-order valence-corrected chi connectivity index (χ4v) is 4.90. The van der Waals surface area contributed by atoms with Gasteiger partial charge in [-0.25, -0.2) is 9.76 Å². The summed E-state index contributed by atoms with van der Waals surface area (Å²) in [7, 11) is -2.42. The number of ether oxygens (including phenoxy) is 2. The minimum atomic E-state index is -3.30. The molecule has 1 aliphatic heterocycles. The van der Waals surface area contributed by atoms with Crippen molar-refractivity contribution >= 4 is 15.8 Å². The number of nitrogens with one attached hydrogen (secondary N) is 2. The number of hydrogen-bond donors (Lipinski definition) is 3. The summed E-state index contributed by atoms with van der Waals surface area (Å²) < 4.78 is 49.1. The topological polar surface area (TPSA) is 124 Å². The molecule has 0 aromatic rings. The molecule has 0 spiro atoms. The number of nitrogens with zero attached hydrogens (tertiary/aromatic N) is 1. The maximum absolute atomic E-state index is 13.3. The van der Waals surface area contributed by atoms with E-state index in [2.05, 4.69) is 10.2 Å². The van der Waals surface area contributed by atoms with Crippen LogP contribution in [-0.4, -0.2) is 76.0 Å². The van der Waals surface area contributed by atoms with E-state index in [0.29, 0.717) is 13.1 Å². The van der Waals surface area contributed by atoms with Gasteiger partial charge in [-0.3, -0.25) is 14.2 Å². The summed E-state index contributed by atoms with van der Waals surface area (Å²) in [5.41, 5.74) is 5.75. The first-order valence-corrected chi connectivity index (χ1v) is 12.2. The summed E-state index contributed by atoms with van der Waals surface area (Å²) in [4.78, 5) is 0. The Hall–Kier alpha value is 0.140. The largest absolute Gasteiger partial charge is 0.372 e. The summed E-state index contributed by atoms with van der Waals surface area (Å²) in [6.07, 6.45) is 0.0505. The highest BCUT2D eigenvalue weighted by molar-refractivity contribution is 7.54. The van der Waals surface area contributed by atoms with E-state index in [1.807, 2.05) is 20.8 Å². The van der Waals surface area contributed by atoms with Gasteiger partial charge in [0.15, 0.2) is 0 Å². The molecular weight excluding hydrogens is 394 g/mol. The Morgan fingerprint density at radius 1 is 1.41 bits per heavy atom. The molecule has 0 aliphatic carbocycles. The number of hydrogen-bond acceptors (Lipinski definition) is 7. The summed E-state index contributed by atoms with van der Waals surface area (Å²) in [5, 5.41) is 5.38. The molecule has 0 aromatic heterocycles. The molecule has 1 fully saturated rings. The second-order valence-electron chi connectivity index (χ2n) is 6.54. The van der Waals surface area contributed by atoms with Crippen LogP contribution in [0.1, 0.15) is 27.2 Å². The maximum Gasteiger partial charge on any atom is 0.343 e. The predicted octanol–water partition coefficient (Wildman–Crippen LogP) is 1.19. The van der Waals surface area contributed by atoms with E-state index in [-0.39, 0.29) is 44.2 Å². The van der Waals surface area contributed by atoms with E-state index in [9.17, 15) is 9.13 Å². The Morgan fingerprint density at radius 3 is 2.67 bits per heavy atom. The molecule has 0 aromatic carbocycles. The molecule has 6 atom stereocenters. The van der Waals surface area contributed by atoms with Gasteiger partial charge < -0.3 is 24.3 Å². The van der Waals surface area contributed by atoms with Crippen LogP contribution in [-0.2, 0) is 27.7 Å². The van der Waals surface area contributed by atoms with Crippen LogP contribution in [0.5, 0.6) is 0 Å². The lowest BCUT2D eigenvalue weighted by Crippen LogP contribution is -2.48. The van der Waals surface area contributed by atoms with Gasteiger partial charge in [-0.05, 0) is 34.4 Å². The third kappa shape index (κ3) is 8.58. The monoisotopic (exact) mass is 430 g/mol. The van der Waals surface area contributed by atoms with Crippen LogP contribution in [0.2, 0.25) is 0 Å². The molecule has 1 heterocycles. The summed E-state index contributed by atoms with van der Waals surface area (Å²) in [5.74, 6) is 0. The molecule has 2 unspecified atom stereocenters. The van der Waals surface area contributed by atoms with Crippen LogP contribution in [0.25, 0.3) is 0 Å². The predicted molar refractivity (Wildman–Crippen MR) is 106 cm³/mol. The van der Waals surface area contributed by atoms with E-state index in [4.69, 9.17) is 24.3 Å². The lowest BCUT2D eigenvalue weighted by atomic mass is 10.2. The number of morpholine rings is 1. The van der Waals surface area contributed by atoms with Crippen molar-refractivity contribution in [3.63, 3.8) is 0 Å². The fourth-order valence-electron chi connectivity index (χ4n) is 2.63. The van der Waals surface area contributed by atoms with Crippen LogP contribution in [0.4, 0.5) is 0 Å². The molecular formula is C15H36N4O6P2. The highest BCUT2D eigenvalue weighted by Gasteiger charge is 2.38.